The number of azo groups is 1. The number of nitrogens with one attached hydrogen (secondary N) is 2. The summed E-state index contributed by atoms with van der Waals surface area (Å²) in [5.41, 5.74) is 4.20. The van der Waals surface area contributed by atoms with Crippen molar-refractivity contribution in [1.29, 1.82) is 0 Å². The van der Waals surface area contributed by atoms with Gasteiger partial charge in [-0.1, -0.05) is 81.4 Å². The number of hydrazine groups is 1. The molecule has 0 heterocycles. The molecule has 0 radical (unpaired) electrons. The molecule has 2 N–H and O–H groups in total. The van der Waals surface area contributed by atoms with E-state index in [1.165, 1.54) is 0 Å². The molecule has 5 nitrogen and oxygen atoms in total. The van der Waals surface area contributed by atoms with Crippen LogP contribution in [0.15, 0.2) is 70.9 Å². The second kappa shape index (κ2) is 10.5. The van der Waals surface area contributed by atoms with Gasteiger partial charge in [0.1, 0.15) is 5.54 Å². The molecule has 0 bridgehead atoms. The van der Waals surface area contributed by atoms with Gasteiger partial charge in [0.15, 0.2) is 10.8 Å². The van der Waals surface area contributed by atoms with Gasteiger partial charge in [-0.25, -0.2) is 5.01 Å². The van der Waals surface area contributed by atoms with Gasteiger partial charge in [0.25, 0.3) is 0 Å². The van der Waals surface area contributed by atoms with Crippen LogP contribution in [0.5, 0.6) is 0 Å². The minimum absolute atomic E-state index is 0.452. The fourth-order valence-corrected chi connectivity index (χ4v) is 3.39. The number of benzene rings is 2. The van der Waals surface area contributed by atoms with Crippen LogP contribution in [0.4, 0.5) is 0 Å². The molecule has 0 fully saturated rings. The summed E-state index contributed by atoms with van der Waals surface area (Å²) in [7, 11) is 0. The van der Waals surface area contributed by atoms with Gasteiger partial charge in [0.05, 0.1) is 0 Å². The lowest BCUT2D eigenvalue weighted by Gasteiger charge is -2.33. The minimum Gasteiger partial charge on any atom is -0.332 e. The van der Waals surface area contributed by atoms with Crippen LogP contribution < -0.4 is 10.7 Å². The maximum atomic E-state index is 5.61. The summed E-state index contributed by atoms with van der Waals surface area (Å²) in [6.07, 6.45) is 0.700. The molecule has 2 aromatic carbocycles. The van der Waals surface area contributed by atoms with Gasteiger partial charge in [0.2, 0.25) is 0 Å². The normalized spacial score (nSPS) is 14.0. The highest BCUT2D eigenvalue weighted by Crippen LogP contribution is 2.31. The first-order chi connectivity index (χ1) is 13.9. The van der Waals surface area contributed by atoms with Crippen molar-refractivity contribution in [2.24, 2.45) is 10.2 Å². The molecular formula is C23H33N5S. The molecule has 156 valence electrons. The lowest BCUT2D eigenvalue weighted by molar-refractivity contribution is 0.252. The van der Waals surface area contributed by atoms with Crippen molar-refractivity contribution in [2.45, 2.75) is 52.2 Å². The standard InChI is InChI=1S/C23H33N5S/c1-6-23(20-17-13-10-14-18-20,24-21(29)25-28(7-2)8-3)27-26-22(4,5)19-15-11-9-12-16-19/h9-18H,6-8H2,1-5H3,(H2,24,25,29). The predicted molar refractivity (Wildman–Crippen MR) is 125 cm³/mol. The molecule has 0 aliphatic carbocycles. The van der Waals surface area contributed by atoms with E-state index in [2.05, 4.69) is 69.6 Å². The molecule has 0 amide bonds. The number of thiocarbonyl (C=S) groups is 1. The molecule has 0 aliphatic rings. The Kier molecular flexibility index (Phi) is 8.29. The summed E-state index contributed by atoms with van der Waals surface area (Å²) in [6, 6.07) is 20.4. The summed E-state index contributed by atoms with van der Waals surface area (Å²) >= 11 is 5.61. The average molecular weight is 412 g/mol. The van der Waals surface area contributed by atoms with Crippen molar-refractivity contribution in [3.05, 3.63) is 71.8 Å². The third kappa shape index (κ3) is 6.08. The van der Waals surface area contributed by atoms with E-state index in [1.807, 2.05) is 41.4 Å². The summed E-state index contributed by atoms with van der Waals surface area (Å²) in [5.74, 6) is 0. The fraction of sp³-hybridized carbons (Fsp3) is 0.435. The first-order valence-electron chi connectivity index (χ1n) is 10.3. The molecule has 1 atom stereocenters. The minimum atomic E-state index is -0.745. The van der Waals surface area contributed by atoms with Gasteiger partial charge in [-0.2, -0.15) is 10.2 Å². The van der Waals surface area contributed by atoms with E-state index in [1.54, 1.807) is 0 Å². The Balaban J connectivity index is 2.38. The Morgan fingerprint density at radius 3 is 1.86 bits per heavy atom. The Morgan fingerprint density at radius 2 is 1.38 bits per heavy atom. The monoisotopic (exact) mass is 411 g/mol. The summed E-state index contributed by atoms with van der Waals surface area (Å²) in [6.45, 7) is 12.1. The van der Waals surface area contributed by atoms with E-state index < -0.39 is 11.2 Å². The van der Waals surface area contributed by atoms with Gasteiger partial charge >= 0.3 is 0 Å². The van der Waals surface area contributed by atoms with E-state index in [0.717, 1.165) is 24.2 Å². The van der Waals surface area contributed by atoms with E-state index in [4.69, 9.17) is 22.4 Å². The number of hydrogen-bond acceptors (Lipinski definition) is 4. The highest BCUT2D eigenvalue weighted by Gasteiger charge is 2.33. The van der Waals surface area contributed by atoms with Crippen LogP contribution in [0.1, 0.15) is 52.2 Å². The quantitative estimate of drug-likeness (QED) is 0.331. The largest absolute Gasteiger partial charge is 0.332 e. The number of nitrogens with zero attached hydrogens (tertiary/aromatic N) is 3. The van der Waals surface area contributed by atoms with E-state index >= 15 is 0 Å². The molecule has 29 heavy (non-hydrogen) atoms. The van der Waals surface area contributed by atoms with Crippen molar-refractivity contribution in [2.75, 3.05) is 13.1 Å². The zero-order valence-electron chi connectivity index (χ0n) is 18.1. The lowest BCUT2D eigenvalue weighted by atomic mass is 9.95. The molecule has 2 rings (SSSR count). The van der Waals surface area contributed by atoms with Gasteiger partial charge in [-0.05, 0) is 38.0 Å². The molecule has 0 spiro atoms. The van der Waals surface area contributed by atoms with Crippen LogP contribution in [-0.4, -0.2) is 23.2 Å². The average Bonchev–Trinajstić information content (AvgIpc) is 2.76. The van der Waals surface area contributed by atoms with Crippen LogP contribution in [-0.2, 0) is 11.2 Å². The smallest absolute Gasteiger partial charge is 0.183 e. The van der Waals surface area contributed by atoms with Crippen LogP contribution >= 0.6 is 12.2 Å². The van der Waals surface area contributed by atoms with Crippen LogP contribution in [0.2, 0.25) is 0 Å². The third-order valence-corrected chi connectivity index (χ3v) is 5.25. The van der Waals surface area contributed by atoms with E-state index in [-0.39, 0.29) is 0 Å². The Bertz CT molecular complexity index is 787. The summed E-state index contributed by atoms with van der Waals surface area (Å²) < 4.78 is 0. The van der Waals surface area contributed by atoms with Crippen LogP contribution in [0.25, 0.3) is 0 Å². The number of rotatable bonds is 9. The zero-order valence-corrected chi connectivity index (χ0v) is 19.0. The Labute approximate surface area is 180 Å². The highest BCUT2D eigenvalue weighted by atomic mass is 32.1. The van der Waals surface area contributed by atoms with Crippen molar-refractivity contribution in [1.82, 2.24) is 15.8 Å². The van der Waals surface area contributed by atoms with Gasteiger partial charge in [-0.3, -0.25) is 5.43 Å². The Morgan fingerprint density at radius 1 is 0.862 bits per heavy atom. The molecule has 0 aromatic heterocycles. The molecule has 0 aliphatic heterocycles. The maximum absolute atomic E-state index is 5.61. The summed E-state index contributed by atoms with van der Waals surface area (Å²) in [5, 5.41) is 15.7. The molecular weight excluding hydrogens is 378 g/mol. The second-order valence-corrected chi connectivity index (χ2v) is 7.85. The van der Waals surface area contributed by atoms with Crippen LogP contribution in [0, 0.1) is 0 Å². The number of hydrogen-bond donors (Lipinski definition) is 2. The molecule has 6 heteroatoms. The SMILES string of the molecule is CCN(CC)NC(=S)NC(CC)(N=NC(C)(C)c1ccccc1)c1ccccc1. The molecule has 0 saturated carbocycles. The van der Waals surface area contributed by atoms with Gasteiger partial charge < -0.3 is 5.32 Å². The topological polar surface area (TPSA) is 52.0 Å². The first kappa shape index (κ1) is 23.0. The molecule has 1 unspecified atom stereocenters. The van der Waals surface area contributed by atoms with Crippen LogP contribution in [0.3, 0.4) is 0 Å². The highest BCUT2D eigenvalue weighted by molar-refractivity contribution is 7.80. The summed E-state index contributed by atoms with van der Waals surface area (Å²) in [4.78, 5) is 0. The van der Waals surface area contributed by atoms with Crippen molar-refractivity contribution in [3.63, 3.8) is 0 Å². The van der Waals surface area contributed by atoms with Crippen molar-refractivity contribution >= 4 is 17.3 Å². The van der Waals surface area contributed by atoms with Gasteiger partial charge in [0, 0.05) is 18.7 Å². The van der Waals surface area contributed by atoms with Gasteiger partial charge in [-0.15, -0.1) is 0 Å². The second-order valence-electron chi connectivity index (χ2n) is 7.44. The predicted octanol–water partition coefficient (Wildman–Crippen LogP) is 5.36. The van der Waals surface area contributed by atoms with E-state index in [9.17, 15) is 0 Å². The maximum Gasteiger partial charge on any atom is 0.183 e. The molecule has 2 aromatic rings. The van der Waals surface area contributed by atoms with Crippen molar-refractivity contribution < 1.29 is 0 Å². The third-order valence-electron chi connectivity index (χ3n) is 5.06. The lowest BCUT2D eigenvalue weighted by Crippen LogP contribution is -2.53. The first-order valence-corrected chi connectivity index (χ1v) is 10.7. The van der Waals surface area contributed by atoms with Crippen molar-refractivity contribution in [3.8, 4) is 0 Å². The zero-order chi connectivity index (χ0) is 21.3. The molecule has 0 saturated heterocycles. The van der Waals surface area contributed by atoms with E-state index in [0.29, 0.717) is 11.5 Å². The Hall–Kier alpha value is -2.31. The fourth-order valence-electron chi connectivity index (χ4n) is 3.09.